The number of carbonyl (C=O) groups is 2. The van der Waals surface area contributed by atoms with E-state index in [1.807, 2.05) is 52.3 Å². The largest absolute Gasteiger partial charge is 0.368 e. The second-order valence-electron chi connectivity index (χ2n) is 7.23. The van der Waals surface area contributed by atoms with Gasteiger partial charge < -0.3 is 14.7 Å². The molecule has 2 fully saturated rings. The minimum Gasteiger partial charge on any atom is -0.368 e. The first kappa shape index (κ1) is 17.6. The average molecular weight is 363 g/mol. The molecular weight excluding hydrogens is 338 g/mol. The van der Waals surface area contributed by atoms with Gasteiger partial charge in [0.15, 0.2) is 0 Å². The Bertz CT molecular complexity index is 813. The zero-order valence-electron chi connectivity index (χ0n) is 15.5. The monoisotopic (exact) mass is 363 g/mol. The van der Waals surface area contributed by atoms with Crippen molar-refractivity contribution in [3.05, 3.63) is 65.7 Å². The van der Waals surface area contributed by atoms with Crippen LogP contribution in [-0.2, 0) is 11.3 Å². The van der Waals surface area contributed by atoms with Crippen molar-refractivity contribution in [1.82, 2.24) is 9.80 Å². The molecule has 5 nitrogen and oxygen atoms in total. The van der Waals surface area contributed by atoms with Crippen LogP contribution in [-0.4, -0.2) is 54.3 Å². The fourth-order valence-corrected chi connectivity index (χ4v) is 3.88. The number of para-hydroxylation sites is 1. The molecule has 0 N–H and O–H groups in total. The van der Waals surface area contributed by atoms with E-state index in [0.29, 0.717) is 18.5 Å². The van der Waals surface area contributed by atoms with E-state index in [1.54, 1.807) is 0 Å². The fourth-order valence-electron chi connectivity index (χ4n) is 3.88. The molecular formula is C22H25N3O2. The van der Waals surface area contributed by atoms with Crippen LogP contribution in [0, 0.1) is 0 Å². The van der Waals surface area contributed by atoms with Crippen molar-refractivity contribution in [1.29, 1.82) is 0 Å². The summed E-state index contributed by atoms with van der Waals surface area (Å²) in [6, 6.07) is 18.1. The number of carbonyl (C=O) groups excluding carboxylic acids is 2. The Morgan fingerprint density at radius 2 is 1.67 bits per heavy atom. The zero-order valence-corrected chi connectivity index (χ0v) is 15.5. The third-order valence-electron chi connectivity index (χ3n) is 5.41. The van der Waals surface area contributed by atoms with Gasteiger partial charge in [-0.25, -0.2) is 0 Å². The van der Waals surface area contributed by atoms with E-state index in [0.717, 1.165) is 44.7 Å². The van der Waals surface area contributed by atoms with Crippen molar-refractivity contribution >= 4 is 17.5 Å². The number of piperazine rings is 1. The summed E-state index contributed by atoms with van der Waals surface area (Å²) in [6.07, 6.45) is 1.58. The molecule has 4 rings (SSSR count). The van der Waals surface area contributed by atoms with Crippen LogP contribution in [0.2, 0.25) is 0 Å². The molecule has 5 heteroatoms. The van der Waals surface area contributed by atoms with Gasteiger partial charge in [0.2, 0.25) is 5.91 Å². The molecule has 0 saturated carbocycles. The van der Waals surface area contributed by atoms with Crippen LogP contribution >= 0.6 is 0 Å². The minimum absolute atomic E-state index is 0.0808. The Morgan fingerprint density at radius 1 is 0.889 bits per heavy atom. The molecule has 2 heterocycles. The van der Waals surface area contributed by atoms with Crippen molar-refractivity contribution in [2.75, 3.05) is 37.6 Å². The lowest BCUT2D eigenvalue weighted by molar-refractivity contribution is -0.128. The molecule has 2 aromatic carbocycles. The van der Waals surface area contributed by atoms with Crippen LogP contribution in [0.1, 0.15) is 28.8 Å². The molecule has 0 atom stereocenters. The molecule has 0 bridgehead atoms. The molecule has 0 radical (unpaired) electrons. The van der Waals surface area contributed by atoms with Crippen LogP contribution in [0.3, 0.4) is 0 Å². The van der Waals surface area contributed by atoms with Gasteiger partial charge in [-0.1, -0.05) is 30.3 Å². The van der Waals surface area contributed by atoms with Crippen LogP contribution in [0.15, 0.2) is 54.6 Å². The summed E-state index contributed by atoms with van der Waals surface area (Å²) >= 11 is 0. The van der Waals surface area contributed by atoms with Crippen LogP contribution in [0.4, 0.5) is 5.69 Å². The maximum atomic E-state index is 12.9. The van der Waals surface area contributed by atoms with Gasteiger partial charge in [0.1, 0.15) is 0 Å². The summed E-state index contributed by atoms with van der Waals surface area (Å²) in [5, 5.41) is 0. The summed E-state index contributed by atoms with van der Waals surface area (Å²) in [5.41, 5.74) is 2.95. The highest BCUT2D eigenvalue weighted by Gasteiger charge is 2.23. The molecule has 2 amide bonds. The summed E-state index contributed by atoms with van der Waals surface area (Å²) < 4.78 is 0. The number of anilines is 1. The standard InChI is InChI=1S/C22H25N3O2/c26-21-10-5-11-25(21)17-18-6-4-7-19(16-18)22(27)24-14-12-23(13-15-24)20-8-2-1-3-9-20/h1-4,6-9,16H,5,10-15,17H2. The number of benzene rings is 2. The zero-order chi connectivity index (χ0) is 18.6. The highest BCUT2D eigenvalue weighted by Crippen LogP contribution is 2.19. The molecule has 27 heavy (non-hydrogen) atoms. The highest BCUT2D eigenvalue weighted by molar-refractivity contribution is 5.94. The molecule has 2 aliphatic rings. The molecule has 140 valence electrons. The summed E-state index contributed by atoms with van der Waals surface area (Å²) in [4.78, 5) is 30.9. The molecule has 0 aliphatic carbocycles. The summed E-state index contributed by atoms with van der Waals surface area (Å²) in [5.74, 6) is 0.293. The number of hydrogen-bond acceptors (Lipinski definition) is 3. The predicted octanol–water partition coefficient (Wildman–Crippen LogP) is 2.77. The van der Waals surface area contributed by atoms with Gasteiger partial charge in [0.25, 0.3) is 5.91 Å². The van der Waals surface area contributed by atoms with Crippen molar-refractivity contribution < 1.29 is 9.59 Å². The third kappa shape index (κ3) is 3.97. The van der Waals surface area contributed by atoms with Gasteiger partial charge >= 0.3 is 0 Å². The Morgan fingerprint density at radius 3 is 2.37 bits per heavy atom. The van der Waals surface area contributed by atoms with E-state index in [1.165, 1.54) is 5.69 Å². The molecule has 0 spiro atoms. The Balaban J connectivity index is 1.38. The third-order valence-corrected chi connectivity index (χ3v) is 5.41. The van der Waals surface area contributed by atoms with Crippen LogP contribution in [0.25, 0.3) is 0 Å². The molecule has 2 aromatic rings. The Hall–Kier alpha value is -2.82. The second kappa shape index (κ2) is 7.82. The van der Waals surface area contributed by atoms with E-state index in [-0.39, 0.29) is 11.8 Å². The van der Waals surface area contributed by atoms with Crippen molar-refractivity contribution in [3.8, 4) is 0 Å². The lowest BCUT2D eigenvalue weighted by Gasteiger charge is -2.36. The number of nitrogens with zero attached hydrogens (tertiary/aromatic N) is 3. The quantitative estimate of drug-likeness (QED) is 0.839. The molecule has 0 aromatic heterocycles. The van der Waals surface area contributed by atoms with Gasteiger partial charge in [-0.05, 0) is 36.2 Å². The lowest BCUT2D eigenvalue weighted by atomic mass is 10.1. The SMILES string of the molecule is O=C1CCCN1Cc1cccc(C(=O)N2CCN(c3ccccc3)CC2)c1. The van der Waals surface area contributed by atoms with E-state index >= 15 is 0 Å². The van der Waals surface area contributed by atoms with E-state index in [2.05, 4.69) is 17.0 Å². The second-order valence-corrected chi connectivity index (χ2v) is 7.23. The minimum atomic E-state index is 0.0808. The normalized spacial score (nSPS) is 17.5. The fraction of sp³-hybridized carbons (Fsp3) is 0.364. The number of hydrogen-bond donors (Lipinski definition) is 0. The van der Waals surface area contributed by atoms with Crippen LogP contribution < -0.4 is 4.90 Å². The first-order chi connectivity index (χ1) is 13.2. The van der Waals surface area contributed by atoms with Crippen molar-refractivity contribution in [2.24, 2.45) is 0 Å². The maximum Gasteiger partial charge on any atom is 0.253 e. The number of rotatable bonds is 4. The molecule has 2 aliphatic heterocycles. The lowest BCUT2D eigenvalue weighted by Crippen LogP contribution is -2.48. The highest BCUT2D eigenvalue weighted by atomic mass is 16.2. The first-order valence-corrected chi connectivity index (χ1v) is 9.67. The van der Waals surface area contributed by atoms with Gasteiger partial charge in [0.05, 0.1) is 0 Å². The average Bonchev–Trinajstić information content (AvgIpc) is 3.13. The first-order valence-electron chi connectivity index (χ1n) is 9.67. The van der Waals surface area contributed by atoms with Gasteiger partial charge in [0, 0.05) is 56.9 Å². The van der Waals surface area contributed by atoms with E-state index in [4.69, 9.17) is 0 Å². The van der Waals surface area contributed by atoms with Gasteiger partial charge in [-0.2, -0.15) is 0 Å². The van der Waals surface area contributed by atoms with Gasteiger partial charge in [-0.15, -0.1) is 0 Å². The predicted molar refractivity (Wildman–Crippen MR) is 106 cm³/mol. The summed E-state index contributed by atoms with van der Waals surface area (Å²) in [7, 11) is 0. The molecule has 0 unspecified atom stereocenters. The Kier molecular flexibility index (Phi) is 5.10. The topological polar surface area (TPSA) is 43.9 Å². The van der Waals surface area contributed by atoms with Crippen LogP contribution in [0.5, 0.6) is 0 Å². The number of amides is 2. The van der Waals surface area contributed by atoms with E-state index < -0.39 is 0 Å². The molecule has 2 saturated heterocycles. The number of likely N-dealkylation sites (tertiary alicyclic amines) is 1. The van der Waals surface area contributed by atoms with Crippen molar-refractivity contribution in [3.63, 3.8) is 0 Å². The maximum absolute atomic E-state index is 12.9. The Labute approximate surface area is 160 Å². The van der Waals surface area contributed by atoms with Crippen molar-refractivity contribution in [2.45, 2.75) is 19.4 Å². The summed E-state index contributed by atoms with van der Waals surface area (Å²) in [6.45, 7) is 4.56. The van der Waals surface area contributed by atoms with E-state index in [9.17, 15) is 9.59 Å². The smallest absolute Gasteiger partial charge is 0.253 e. The van der Waals surface area contributed by atoms with Gasteiger partial charge in [-0.3, -0.25) is 9.59 Å².